The molecular formula is C11H21N3O4. The second-order valence-electron chi connectivity index (χ2n) is 5.27. The SMILES string of the molecule is CC(NC(=O)NC(CC(N)=O)C(=O)O)C(C)(C)C. The van der Waals surface area contributed by atoms with E-state index in [1.165, 1.54) is 0 Å². The lowest BCUT2D eigenvalue weighted by Crippen LogP contribution is -2.52. The first kappa shape index (κ1) is 16.2. The highest BCUT2D eigenvalue weighted by molar-refractivity contribution is 5.87. The fraction of sp³-hybridized carbons (Fsp3) is 0.727. The summed E-state index contributed by atoms with van der Waals surface area (Å²) >= 11 is 0. The Hall–Kier alpha value is -1.79. The van der Waals surface area contributed by atoms with E-state index in [1.54, 1.807) is 0 Å². The molecule has 0 radical (unpaired) electrons. The molecule has 104 valence electrons. The van der Waals surface area contributed by atoms with Crippen molar-refractivity contribution < 1.29 is 19.5 Å². The van der Waals surface area contributed by atoms with Crippen LogP contribution in [0.1, 0.15) is 34.1 Å². The Labute approximate surface area is 106 Å². The Bertz CT molecular complexity index is 336. The van der Waals surface area contributed by atoms with Crippen LogP contribution in [0.2, 0.25) is 0 Å². The number of nitrogens with one attached hydrogen (secondary N) is 2. The van der Waals surface area contributed by atoms with Gasteiger partial charge in [-0.15, -0.1) is 0 Å². The molecule has 0 saturated heterocycles. The van der Waals surface area contributed by atoms with Crippen LogP contribution in [0.4, 0.5) is 4.79 Å². The number of carbonyl (C=O) groups excluding carboxylic acids is 2. The van der Waals surface area contributed by atoms with E-state index in [0.717, 1.165) is 0 Å². The number of primary amides is 1. The van der Waals surface area contributed by atoms with Crippen LogP contribution < -0.4 is 16.4 Å². The molecule has 7 heteroatoms. The highest BCUT2D eigenvalue weighted by atomic mass is 16.4. The fourth-order valence-corrected chi connectivity index (χ4v) is 1.01. The molecule has 7 nitrogen and oxygen atoms in total. The van der Waals surface area contributed by atoms with E-state index in [9.17, 15) is 14.4 Å². The maximum atomic E-state index is 11.6. The van der Waals surface area contributed by atoms with Crippen molar-refractivity contribution in [3.63, 3.8) is 0 Å². The Morgan fingerprint density at radius 1 is 1.22 bits per heavy atom. The van der Waals surface area contributed by atoms with Crippen molar-refractivity contribution in [3.05, 3.63) is 0 Å². The van der Waals surface area contributed by atoms with Gasteiger partial charge < -0.3 is 21.5 Å². The molecule has 0 heterocycles. The van der Waals surface area contributed by atoms with E-state index in [0.29, 0.717) is 0 Å². The summed E-state index contributed by atoms with van der Waals surface area (Å²) in [4.78, 5) is 33.0. The average Bonchev–Trinajstić information content (AvgIpc) is 2.13. The lowest BCUT2D eigenvalue weighted by molar-refractivity contribution is -0.140. The summed E-state index contributed by atoms with van der Waals surface area (Å²) in [5.74, 6) is -2.08. The van der Waals surface area contributed by atoms with Gasteiger partial charge in [0.1, 0.15) is 6.04 Å². The lowest BCUT2D eigenvalue weighted by Gasteiger charge is -2.28. The molecule has 0 aliphatic heterocycles. The molecule has 0 rings (SSSR count). The number of amides is 3. The lowest BCUT2D eigenvalue weighted by atomic mass is 9.88. The van der Waals surface area contributed by atoms with Gasteiger partial charge >= 0.3 is 12.0 Å². The van der Waals surface area contributed by atoms with Crippen molar-refractivity contribution in [3.8, 4) is 0 Å². The standard InChI is InChI=1S/C11H21N3O4/c1-6(11(2,3)4)13-10(18)14-7(9(16)17)5-8(12)15/h6-7H,5H2,1-4H3,(H2,12,15)(H,16,17)(H2,13,14,18). The van der Waals surface area contributed by atoms with E-state index >= 15 is 0 Å². The first-order valence-electron chi connectivity index (χ1n) is 5.62. The number of urea groups is 1. The Morgan fingerprint density at radius 3 is 2.06 bits per heavy atom. The molecule has 0 saturated carbocycles. The quantitative estimate of drug-likeness (QED) is 0.557. The predicted octanol–water partition coefficient (Wildman–Crippen LogP) is 0.0488. The van der Waals surface area contributed by atoms with Crippen molar-refractivity contribution in [1.29, 1.82) is 0 Å². The molecule has 0 aromatic rings. The van der Waals surface area contributed by atoms with Gasteiger partial charge in [-0.3, -0.25) is 4.79 Å². The summed E-state index contributed by atoms with van der Waals surface area (Å²) in [5.41, 5.74) is 4.75. The first-order valence-corrected chi connectivity index (χ1v) is 5.62. The molecule has 5 N–H and O–H groups in total. The molecule has 0 aromatic heterocycles. The van der Waals surface area contributed by atoms with Crippen LogP contribution in [0.3, 0.4) is 0 Å². The number of carbonyl (C=O) groups is 3. The third-order valence-corrected chi connectivity index (χ3v) is 2.66. The molecular weight excluding hydrogens is 238 g/mol. The number of nitrogens with two attached hydrogens (primary N) is 1. The highest BCUT2D eigenvalue weighted by Crippen LogP contribution is 2.18. The zero-order valence-corrected chi connectivity index (χ0v) is 11.1. The molecule has 3 amide bonds. The van der Waals surface area contributed by atoms with Crippen LogP contribution in [-0.2, 0) is 9.59 Å². The van der Waals surface area contributed by atoms with Crippen LogP contribution in [0.5, 0.6) is 0 Å². The van der Waals surface area contributed by atoms with Crippen molar-refractivity contribution in [2.75, 3.05) is 0 Å². The van der Waals surface area contributed by atoms with Gasteiger partial charge in [-0.2, -0.15) is 0 Å². The summed E-state index contributed by atoms with van der Waals surface area (Å²) in [5, 5.41) is 13.6. The first-order chi connectivity index (χ1) is 8.04. The summed E-state index contributed by atoms with van der Waals surface area (Å²) < 4.78 is 0. The second kappa shape index (κ2) is 6.23. The van der Waals surface area contributed by atoms with Gasteiger partial charge in [0.05, 0.1) is 6.42 Å². The van der Waals surface area contributed by atoms with Gasteiger partial charge in [0, 0.05) is 6.04 Å². The number of carboxylic acids is 1. The maximum absolute atomic E-state index is 11.6. The smallest absolute Gasteiger partial charge is 0.326 e. The monoisotopic (exact) mass is 259 g/mol. The summed E-state index contributed by atoms with van der Waals surface area (Å²) in [6, 6.07) is -2.10. The fourth-order valence-electron chi connectivity index (χ4n) is 1.01. The third kappa shape index (κ3) is 6.07. The molecule has 18 heavy (non-hydrogen) atoms. The van der Waals surface area contributed by atoms with E-state index in [4.69, 9.17) is 10.8 Å². The van der Waals surface area contributed by atoms with Crippen LogP contribution >= 0.6 is 0 Å². The normalized spacial score (nSPS) is 14.4. The van der Waals surface area contributed by atoms with Crippen LogP contribution in [0.15, 0.2) is 0 Å². The topological polar surface area (TPSA) is 122 Å². The number of carboxylic acid groups (broad SMARTS) is 1. The summed E-state index contributed by atoms with van der Waals surface area (Å²) in [7, 11) is 0. The minimum absolute atomic E-state index is 0.152. The summed E-state index contributed by atoms with van der Waals surface area (Å²) in [6.45, 7) is 7.63. The van der Waals surface area contributed by atoms with E-state index in [1.807, 2.05) is 27.7 Å². The van der Waals surface area contributed by atoms with Gasteiger partial charge in [0.2, 0.25) is 5.91 Å². The Balaban J connectivity index is 4.44. The van der Waals surface area contributed by atoms with Crippen LogP contribution in [0.25, 0.3) is 0 Å². The predicted molar refractivity (Wildman–Crippen MR) is 65.8 cm³/mol. The average molecular weight is 259 g/mol. The van der Waals surface area contributed by atoms with Crippen molar-refractivity contribution >= 4 is 17.9 Å². The van der Waals surface area contributed by atoms with Gasteiger partial charge in [-0.05, 0) is 12.3 Å². The summed E-state index contributed by atoms with van der Waals surface area (Å²) in [6.07, 6.45) is -0.438. The molecule has 0 spiro atoms. The molecule has 0 aliphatic rings. The van der Waals surface area contributed by atoms with Crippen molar-refractivity contribution in [1.82, 2.24) is 10.6 Å². The maximum Gasteiger partial charge on any atom is 0.326 e. The molecule has 0 fully saturated rings. The minimum atomic E-state index is -1.31. The molecule has 2 unspecified atom stereocenters. The zero-order chi connectivity index (χ0) is 14.5. The molecule has 0 bridgehead atoms. The van der Waals surface area contributed by atoms with Gasteiger partial charge in [0.15, 0.2) is 0 Å². The van der Waals surface area contributed by atoms with Gasteiger partial charge in [-0.25, -0.2) is 9.59 Å². The van der Waals surface area contributed by atoms with E-state index in [-0.39, 0.29) is 11.5 Å². The number of aliphatic carboxylic acids is 1. The minimum Gasteiger partial charge on any atom is -0.480 e. The van der Waals surface area contributed by atoms with Gasteiger partial charge in [0.25, 0.3) is 0 Å². The van der Waals surface area contributed by atoms with Crippen molar-refractivity contribution in [2.24, 2.45) is 11.1 Å². The second-order valence-corrected chi connectivity index (χ2v) is 5.27. The van der Waals surface area contributed by atoms with Crippen LogP contribution in [0, 0.1) is 5.41 Å². The highest BCUT2D eigenvalue weighted by Gasteiger charge is 2.25. The van der Waals surface area contributed by atoms with Gasteiger partial charge in [-0.1, -0.05) is 20.8 Å². The number of hydrogen-bond donors (Lipinski definition) is 4. The molecule has 2 atom stereocenters. The third-order valence-electron chi connectivity index (χ3n) is 2.66. The Kier molecular flexibility index (Phi) is 5.61. The number of hydrogen-bond acceptors (Lipinski definition) is 3. The zero-order valence-electron chi connectivity index (χ0n) is 11.1. The largest absolute Gasteiger partial charge is 0.480 e. The number of rotatable bonds is 5. The van der Waals surface area contributed by atoms with Crippen LogP contribution in [-0.4, -0.2) is 35.1 Å². The molecule has 0 aliphatic carbocycles. The molecule has 0 aromatic carbocycles. The van der Waals surface area contributed by atoms with Crippen molar-refractivity contribution in [2.45, 2.75) is 46.2 Å². The van der Waals surface area contributed by atoms with E-state index < -0.39 is 30.4 Å². The Morgan fingerprint density at radius 2 is 1.72 bits per heavy atom. The van der Waals surface area contributed by atoms with E-state index in [2.05, 4.69) is 10.6 Å².